The lowest BCUT2D eigenvalue weighted by Crippen LogP contribution is -2.45. The van der Waals surface area contributed by atoms with Crippen molar-refractivity contribution in [1.29, 1.82) is 0 Å². The van der Waals surface area contributed by atoms with E-state index in [1.807, 2.05) is 49.4 Å². The number of hydrogen-bond donors (Lipinski definition) is 1. The molecule has 0 bridgehead atoms. The third-order valence-electron chi connectivity index (χ3n) is 3.69. The molecule has 6 heteroatoms. The first-order valence-corrected chi connectivity index (χ1v) is 9.17. The molecular weight excluding hydrogens is 398 g/mol. The average Bonchev–Trinajstić information content (AvgIpc) is 2.63. The Morgan fingerprint density at radius 1 is 1.15 bits per heavy atom. The van der Waals surface area contributed by atoms with Crippen molar-refractivity contribution in [3.63, 3.8) is 0 Å². The van der Waals surface area contributed by atoms with Gasteiger partial charge in [0.15, 0.2) is 6.61 Å². The quantitative estimate of drug-likeness (QED) is 0.665. The van der Waals surface area contributed by atoms with Gasteiger partial charge in [-0.05, 0) is 43.2 Å². The van der Waals surface area contributed by atoms with Crippen molar-refractivity contribution in [3.05, 3.63) is 64.1 Å². The Balaban J connectivity index is 1.96. The topological polar surface area (TPSA) is 64.6 Å². The van der Waals surface area contributed by atoms with Gasteiger partial charge in [0.25, 0.3) is 5.91 Å². The molecule has 138 valence electrons. The van der Waals surface area contributed by atoms with Gasteiger partial charge in [0.1, 0.15) is 11.8 Å². The summed E-state index contributed by atoms with van der Waals surface area (Å²) in [6.07, 6.45) is 0.364. The monoisotopic (exact) mass is 419 g/mol. The van der Waals surface area contributed by atoms with Crippen molar-refractivity contribution in [1.82, 2.24) is 5.32 Å². The number of amides is 1. The summed E-state index contributed by atoms with van der Waals surface area (Å²) >= 11 is 3.42. The fourth-order valence-corrected chi connectivity index (χ4v) is 2.62. The molecule has 1 N–H and O–H groups in total. The van der Waals surface area contributed by atoms with Crippen LogP contribution in [0.5, 0.6) is 5.75 Å². The van der Waals surface area contributed by atoms with Crippen LogP contribution >= 0.6 is 15.9 Å². The van der Waals surface area contributed by atoms with Crippen LogP contribution in [0.1, 0.15) is 18.1 Å². The van der Waals surface area contributed by atoms with Crippen LogP contribution in [0.4, 0.5) is 0 Å². The Hall–Kier alpha value is -2.34. The molecule has 0 heterocycles. The van der Waals surface area contributed by atoms with E-state index in [1.54, 1.807) is 13.0 Å². The lowest BCUT2D eigenvalue weighted by atomic mass is 10.1. The number of nitrogens with one attached hydrogen (secondary N) is 1. The summed E-state index contributed by atoms with van der Waals surface area (Å²) in [6, 6.07) is 14.2. The smallest absolute Gasteiger partial charge is 0.328 e. The van der Waals surface area contributed by atoms with Crippen molar-refractivity contribution in [2.24, 2.45) is 0 Å². The average molecular weight is 420 g/mol. The number of rotatable bonds is 8. The van der Waals surface area contributed by atoms with E-state index in [1.165, 1.54) is 0 Å². The zero-order valence-electron chi connectivity index (χ0n) is 14.8. The first kappa shape index (κ1) is 20.0. The summed E-state index contributed by atoms with van der Waals surface area (Å²) in [5, 5.41) is 2.70. The maximum Gasteiger partial charge on any atom is 0.328 e. The summed E-state index contributed by atoms with van der Waals surface area (Å²) in [4.78, 5) is 24.4. The number of aryl methyl sites for hydroxylation is 1. The number of carbonyl (C=O) groups excluding carboxylic acids is 2. The van der Waals surface area contributed by atoms with Crippen molar-refractivity contribution in [2.45, 2.75) is 26.3 Å². The maximum atomic E-state index is 12.2. The number of hydrogen-bond acceptors (Lipinski definition) is 4. The van der Waals surface area contributed by atoms with Crippen LogP contribution < -0.4 is 10.1 Å². The van der Waals surface area contributed by atoms with E-state index in [2.05, 4.69) is 21.2 Å². The second-order valence-corrected chi connectivity index (χ2v) is 6.62. The highest BCUT2D eigenvalue weighted by Crippen LogP contribution is 2.21. The molecule has 0 aromatic heterocycles. The second-order valence-electron chi connectivity index (χ2n) is 5.76. The van der Waals surface area contributed by atoms with Gasteiger partial charge in [-0.2, -0.15) is 0 Å². The minimum atomic E-state index is -0.750. The van der Waals surface area contributed by atoms with Crippen LogP contribution in [0.25, 0.3) is 0 Å². The fraction of sp³-hybridized carbons (Fsp3) is 0.300. The van der Waals surface area contributed by atoms with E-state index in [-0.39, 0.29) is 19.1 Å². The molecule has 26 heavy (non-hydrogen) atoms. The molecule has 0 saturated carbocycles. The number of ether oxygens (including phenoxy) is 2. The zero-order valence-corrected chi connectivity index (χ0v) is 16.4. The van der Waals surface area contributed by atoms with E-state index < -0.39 is 12.0 Å². The molecule has 1 amide bonds. The van der Waals surface area contributed by atoms with Crippen molar-refractivity contribution < 1.29 is 19.1 Å². The summed E-state index contributed by atoms with van der Waals surface area (Å²) in [7, 11) is 0. The van der Waals surface area contributed by atoms with Gasteiger partial charge < -0.3 is 14.8 Å². The Kier molecular flexibility index (Phi) is 7.66. The van der Waals surface area contributed by atoms with Crippen LogP contribution in [0.2, 0.25) is 0 Å². The van der Waals surface area contributed by atoms with Gasteiger partial charge in [-0.15, -0.1) is 0 Å². The maximum absolute atomic E-state index is 12.2. The molecule has 0 radical (unpaired) electrons. The molecule has 2 aromatic carbocycles. The van der Waals surface area contributed by atoms with Gasteiger partial charge in [0, 0.05) is 10.9 Å². The lowest BCUT2D eigenvalue weighted by Gasteiger charge is -2.17. The van der Waals surface area contributed by atoms with E-state index in [4.69, 9.17) is 9.47 Å². The predicted octanol–water partition coefficient (Wildman–Crippen LogP) is 3.43. The van der Waals surface area contributed by atoms with Gasteiger partial charge in [0.2, 0.25) is 0 Å². The molecule has 0 fully saturated rings. The van der Waals surface area contributed by atoms with E-state index in [9.17, 15) is 9.59 Å². The fourth-order valence-electron chi connectivity index (χ4n) is 2.38. The third-order valence-corrected chi connectivity index (χ3v) is 4.58. The summed E-state index contributed by atoms with van der Waals surface area (Å²) in [5.74, 6) is -0.236. The second kappa shape index (κ2) is 9.97. The van der Waals surface area contributed by atoms with E-state index in [0.29, 0.717) is 12.2 Å². The molecule has 2 aromatic rings. The summed E-state index contributed by atoms with van der Waals surface area (Å²) < 4.78 is 11.6. The molecule has 1 atom stereocenters. The van der Waals surface area contributed by atoms with Gasteiger partial charge in [-0.1, -0.05) is 46.3 Å². The first-order chi connectivity index (χ1) is 12.5. The predicted molar refractivity (Wildman–Crippen MR) is 103 cm³/mol. The van der Waals surface area contributed by atoms with E-state index in [0.717, 1.165) is 15.6 Å². The van der Waals surface area contributed by atoms with Crippen molar-refractivity contribution in [3.8, 4) is 5.75 Å². The minimum absolute atomic E-state index is 0.175. The highest BCUT2D eigenvalue weighted by atomic mass is 79.9. The van der Waals surface area contributed by atoms with Crippen molar-refractivity contribution >= 4 is 27.8 Å². The summed E-state index contributed by atoms with van der Waals surface area (Å²) in [5.41, 5.74) is 1.95. The molecule has 0 aliphatic carbocycles. The number of halogens is 1. The van der Waals surface area contributed by atoms with E-state index >= 15 is 0 Å². The number of benzene rings is 2. The summed E-state index contributed by atoms with van der Waals surface area (Å²) in [6.45, 7) is 3.76. The van der Waals surface area contributed by atoms with Gasteiger partial charge in [-0.25, -0.2) is 4.79 Å². The molecule has 0 aliphatic heterocycles. The number of esters is 1. The normalized spacial score (nSPS) is 11.5. The molecule has 0 spiro atoms. The van der Waals surface area contributed by atoms with Crippen LogP contribution in [0.15, 0.2) is 53.0 Å². The molecule has 0 aliphatic rings. The Bertz CT molecular complexity index is 749. The van der Waals surface area contributed by atoms with Crippen LogP contribution in [-0.2, 0) is 20.7 Å². The molecule has 0 saturated heterocycles. The molecular formula is C20H22BrNO4. The third kappa shape index (κ3) is 6.19. The van der Waals surface area contributed by atoms with Crippen molar-refractivity contribution in [2.75, 3.05) is 13.2 Å². The lowest BCUT2D eigenvalue weighted by molar-refractivity contribution is -0.147. The van der Waals surface area contributed by atoms with Crippen LogP contribution in [0, 0.1) is 6.92 Å². The number of carbonyl (C=O) groups is 2. The highest BCUT2D eigenvalue weighted by Gasteiger charge is 2.22. The Morgan fingerprint density at radius 2 is 1.88 bits per heavy atom. The standard InChI is InChI=1S/C20H22BrNO4/c1-3-25-20(24)18(12-15-7-5-4-6-8-15)22-19(23)13-26-16-9-10-17(21)14(2)11-16/h4-11,18H,3,12-13H2,1-2H3,(H,22,23). The Labute approximate surface area is 161 Å². The zero-order chi connectivity index (χ0) is 18.9. The minimum Gasteiger partial charge on any atom is -0.484 e. The van der Waals surface area contributed by atoms with Crippen LogP contribution in [-0.4, -0.2) is 31.1 Å². The molecule has 1 unspecified atom stereocenters. The van der Waals surface area contributed by atoms with Gasteiger partial charge in [-0.3, -0.25) is 4.79 Å². The largest absolute Gasteiger partial charge is 0.484 e. The van der Waals surface area contributed by atoms with Gasteiger partial charge >= 0.3 is 5.97 Å². The highest BCUT2D eigenvalue weighted by molar-refractivity contribution is 9.10. The van der Waals surface area contributed by atoms with Gasteiger partial charge in [0.05, 0.1) is 6.61 Å². The molecule has 2 rings (SSSR count). The van der Waals surface area contributed by atoms with Crippen LogP contribution in [0.3, 0.4) is 0 Å². The first-order valence-electron chi connectivity index (χ1n) is 8.38. The SMILES string of the molecule is CCOC(=O)C(Cc1ccccc1)NC(=O)COc1ccc(Br)c(C)c1. The Morgan fingerprint density at radius 3 is 2.54 bits per heavy atom. The molecule has 5 nitrogen and oxygen atoms in total.